The molecular formula is C16H28O. The van der Waals surface area contributed by atoms with Gasteiger partial charge in [-0.1, -0.05) is 43.4 Å². The highest BCUT2D eigenvalue weighted by Crippen LogP contribution is 2.03. The van der Waals surface area contributed by atoms with Crippen LogP contribution in [0.2, 0.25) is 0 Å². The molecule has 0 rings (SSSR count). The lowest BCUT2D eigenvalue weighted by atomic mass is 10.1. The van der Waals surface area contributed by atoms with Gasteiger partial charge in [-0.05, 0) is 51.9 Å². The number of aliphatic hydroxyl groups is 1. The predicted octanol–water partition coefficient (Wildman–Crippen LogP) is 4.79. The molecule has 0 aromatic carbocycles. The van der Waals surface area contributed by atoms with Crippen LogP contribution in [0.4, 0.5) is 0 Å². The fourth-order valence-corrected chi connectivity index (χ4v) is 1.52. The van der Waals surface area contributed by atoms with E-state index in [0.29, 0.717) is 0 Å². The minimum atomic E-state index is -0.119. The van der Waals surface area contributed by atoms with Crippen LogP contribution in [0.1, 0.15) is 58.8 Å². The van der Waals surface area contributed by atoms with Gasteiger partial charge in [0.15, 0.2) is 0 Å². The van der Waals surface area contributed by atoms with E-state index in [0.717, 1.165) is 44.9 Å². The molecule has 0 aliphatic rings. The second-order valence-electron chi connectivity index (χ2n) is 4.31. The SMILES string of the molecule is C/C=C/CC/C=C/CC/C=C/CCC(O)CC. The summed E-state index contributed by atoms with van der Waals surface area (Å²) in [4.78, 5) is 0. The number of hydrogen-bond acceptors (Lipinski definition) is 1. The van der Waals surface area contributed by atoms with Crippen molar-refractivity contribution in [1.82, 2.24) is 0 Å². The first-order valence-electron chi connectivity index (χ1n) is 6.90. The van der Waals surface area contributed by atoms with Gasteiger partial charge in [-0.3, -0.25) is 0 Å². The molecule has 0 aliphatic heterocycles. The molecule has 1 unspecified atom stereocenters. The van der Waals surface area contributed by atoms with E-state index in [2.05, 4.69) is 43.4 Å². The molecule has 0 aliphatic carbocycles. The average molecular weight is 236 g/mol. The molecule has 98 valence electrons. The van der Waals surface area contributed by atoms with Gasteiger partial charge in [0.1, 0.15) is 0 Å². The molecule has 0 fully saturated rings. The molecule has 0 heterocycles. The van der Waals surface area contributed by atoms with Crippen LogP contribution in [-0.2, 0) is 0 Å². The molecule has 0 spiro atoms. The topological polar surface area (TPSA) is 20.2 Å². The maximum atomic E-state index is 9.35. The first-order chi connectivity index (χ1) is 8.31. The number of aliphatic hydroxyl groups excluding tert-OH is 1. The van der Waals surface area contributed by atoms with Crippen molar-refractivity contribution < 1.29 is 5.11 Å². The monoisotopic (exact) mass is 236 g/mol. The Bertz CT molecular complexity index is 226. The van der Waals surface area contributed by atoms with Crippen LogP contribution < -0.4 is 0 Å². The van der Waals surface area contributed by atoms with Crippen molar-refractivity contribution in [3.63, 3.8) is 0 Å². The summed E-state index contributed by atoms with van der Waals surface area (Å²) < 4.78 is 0. The van der Waals surface area contributed by atoms with Crippen LogP contribution in [-0.4, -0.2) is 11.2 Å². The third-order valence-corrected chi connectivity index (χ3v) is 2.71. The molecule has 0 aromatic heterocycles. The quantitative estimate of drug-likeness (QED) is 0.427. The zero-order chi connectivity index (χ0) is 12.8. The molecule has 0 bridgehead atoms. The van der Waals surface area contributed by atoms with Crippen molar-refractivity contribution in [2.24, 2.45) is 0 Å². The number of rotatable bonds is 10. The van der Waals surface area contributed by atoms with Crippen molar-refractivity contribution in [3.05, 3.63) is 36.5 Å². The van der Waals surface area contributed by atoms with Crippen LogP contribution in [0.25, 0.3) is 0 Å². The fraction of sp³-hybridized carbons (Fsp3) is 0.625. The summed E-state index contributed by atoms with van der Waals surface area (Å²) in [6, 6.07) is 0. The van der Waals surface area contributed by atoms with Gasteiger partial charge in [0, 0.05) is 0 Å². The second-order valence-corrected chi connectivity index (χ2v) is 4.31. The van der Waals surface area contributed by atoms with Crippen LogP contribution in [0.3, 0.4) is 0 Å². The molecule has 1 atom stereocenters. The lowest BCUT2D eigenvalue weighted by Gasteiger charge is -2.03. The summed E-state index contributed by atoms with van der Waals surface area (Å²) >= 11 is 0. The third kappa shape index (κ3) is 13.1. The maximum Gasteiger partial charge on any atom is 0.0540 e. The fourth-order valence-electron chi connectivity index (χ4n) is 1.52. The molecule has 0 amide bonds. The Hall–Kier alpha value is -0.820. The van der Waals surface area contributed by atoms with Crippen molar-refractivity contribution in [2.75, 3.05) is 0 Å². The van der Waals surface area contributed by atoms with Gasteiger partial charge >= 0.3 is 0 Å². The van der Waals surface area contributed by atoms with E-state index in [-0.39, 0.29) is 6.10 Å². The van der Waals surface area contributed by atoms with Crippen LogP contribution in [0.5, 0.6) is 0 Å². The molecule has 0 saturated heterocycles. The van der Waals surface area contributed by atoms with Crippen LogP contribution in [0.15, 0.2) is 36.5 Å². The van der Waals surface area contributed by atoms with Crippen molar-refractivity contribution in [2.45, 2.75) is 64.9 Å². The Morgan fingerprint density at radius 1 is 0.824 bits per heavy atom. The normalized spacial score (nSPS) is 14.3. The number of hydrogen-bond donors (Lipinski definition) is 1. The molecule has 17 heavy (non-hydrogen) atoms. The summed E-state index contributed by atoms with van der Waals surface area (Å²) in [7, 11) is 0. The van der Waals surface area contributed by atoms with E-state index in [4.69, 9.17) is 0 Å². The molecule has 0 radical (unpaired) electrons. The maximum absolute atomic E-state index is 9.35. The molecule has 0 aromatic rings. The Morgan fingerprint density at radius 3 is 1.76 bits per heavy atom. The van der Waals surface area contributed by atoms with E-state index in [1.807, 2.05) is 6.92 Å². The van der Waals surface area contributed by atoms with Crippen LogP contribution >= 0.6 is 0 Å². The minimum Gasteiger partial charge on any atom is -0.393 e. The first-order valence-corrected chi connectivity index (χ1v) is 6.90. The van der Waals surface area contributed by atoms with Gasteiger partial charge in [-0.15, -0.1) is 0 Å². The van der Waals surface area contributed by atoms with E-state index in [1.54, 1.807) is 0 Å². The van der Waals surface area contributed by atoms with E-state index in [1.165, 1.54) is 0 Å². The number of unbranched alkanes of at least 4 members (excludes halogenated alkanes) is 2. The lowest BCUT2D eigenvalue weighted by molar-refractivity contribution is 0.161. The summed E-state index contributed by atoms with van der Waals surface area (Å²) in [5, 5.41) is 9.35. The smallest absolute Gasteiger partial charge is 0.0540 e. The molecular weight excluding hydrogens is 208 g/mol. The third-order valence-electron chi connectivity index (χ3n) is 2.71. The van der Waals surface area contributed by atoms with Gasteiger partial charge < -0.3 is 5.11 Å². The van der Waals surface area contributed by atoms with E-state index < -0.39 is 0 Å². The second kappa shape index (κ2) is 13.2. The summed E-state index contributed by atoms with van der Waals surface area (Å²) in [5.41, 5.74) is 0. The highest BCUT2D eigenvalue weighted by molar-refractivity contribution is 4.90. The summed E-state index contributed by atoms with van der Waals surface area (Å²) in [5.74, 6) is 0. The zero-order valence-corrected chi connectivity index (χ0v) is 11.4. The molecule has 1 nitrogen and oxygen atoms in total. The summed E-state index contributed by atoms with van der Waals surface area (Å²) in [6.07, 6.45) is 20.4. The van der Waals surface area contributed by atoms with Gasteiger partial charge in [0.05, 0.1) is 6.10 Å². The van der Waals surface area contributed by atoms with E-state index >= 15 is 0 Å². The Kier molecular flexibility index (Phi) is 12.6. The highest BCUT2D eigenvalue weighted by atomic mass is 16.3. The van der Waals surface area contributed by atoms with Crippen molar-refractivity contribution >= 4 is 0 Å². The standard InChI is InChI=1S/C16H28O/c1-3-5-6-7-8-9-10-11-12-13-14-15-16(17)4-2/h3,5,8-9,12-13,16-17H,4,6-7,10-11,14-15H2,1-2H3/b5-3+,9-8+,13-12+. The Balaban J connectivity index is 3.29. The van der Waals surface area contributed by atoms with Crippen molar-refractivity contribution in [3.8, 4) is 0 Å². The first kappa shape index (κ1) is 16.2. The Labute approximate surface area is 107 Å². The average Bonchev–Trinajstić information content (AvgIpc) is 2.35. The lowest BCUT2D eigenvalue weighted by Crippen LogP contribution is -2.02. The molecule has 0 saturated carbocycles. The molecule has 1 heteroatoms. The van der Waals surface area contributed by atoms with E-state index in [9.17, 15) is 5.11 Å². The van der Waals surface area contributed by atoms with Crippen LogP contribution in [0, 0.1) is 0 Å². The largest absolute Gasteiger partial charge is 0.393 e. The minimum absolute atomic E-state index is 0.119. The Morgan fingerprint density at radius 2 is 1.29 bits per heavy atom. The van der Waals surface area contributed by atoms with Gasteiger partial charge in [0.2, 0.25) is 0 Å². The van der Waals surface area contributed by atoms with Gasteiger partial charge in [0.25, 0.3) is 0 Å². The molecule has 1 N–H and O–H groups in total. The highest BCUT2D eigenvalue weighted by Gasteiger charge is 1.96. The number of allylic oxidation sites excluding steroid dienone is 6. The predicted molar refractivity (Wildman–Crippen MR) is 77.1 cm³/mol. The summed E-state index contributed by atoms with van der Waals surface area (Å²) in [6.45, 7) is 4.08. The zero-order valence-electron chi connectivity index (χ0n) is 11.4. The van der Waals surface area contributed by atoms with Gasteiger partial charge in [-0.2, -0.15) is 0 Å². The van der Waals surface area contributed by atoms with Crippen molar-refractivity contribution in [1.29, 1.82) is 0 Å². The van der Waals surface area contributed by atoms with Gasteiger partial charge in [-0.25, -0.2) is 0 Å².